The van der Waals surface area contributed by atoms with Crippen LogP contribution in [0.15, 0.2) is 72.8 Å². The number of anilines is 2. The maximum absolute atomic E-state index is 12.6. The highest BCUT2D eigenvalue weighted by Crippen LogP contribution is 2.39. The molecule has 1 spiro atoms. The average Bonchev–Trinajstić information content (AvgIpc) is 2.89. The number of hydrogen-bond acceptors (Lipinski definition) is 5. The van der Waals surface area contributed by atoms with Gasteiger partial charge in [0, 0.05) is 42.6 Å². The Balaban J connectivity index is 1.32. The van der Waals surface area contributed by atoms with E-state index in [0.29, 0.717) is 18.0 Å². The zero-order valence-corrected chi connectivity index (χ0v) is 20.2. The first-order valence-corrected chi connectivity index (χ1v) is 12.2. The lowest BCUT2D eigenvalue weighted by Gasteiger charge is -2.41. The van der Waals surface area contributed by atoms with Crippen LogP contribution in [0.5, 0.6) is 5.75 Å². The van der Waals surface area contributed by atoms with Gasteiger partial charge >= 0.3 is 6.03 Å². The van der Waals surface area contributed by atoms with Gasteiger partial charge in [0.25, 0.3) is 0 Å². The third kappa shape index (κ3) is 4.17. The molecule has 0 bridgehead atoms. The number of piperidine rings is 1. The molecule has 0 atom stereocenters. The molecule has 7 nitrogen and oxygen atoms in total. The fourth-order valence-corrected chi connectivity index (χ4v) is 5.05. The van der Waals surface area contributed by atoms with Crippen LogP contribution in [0.4, 0.5) is 16.2 Å². The minimum absolute atomic E-state index is 0.515. The lowest BCUT2D eigenvalue weighted by atomic mass is 9.99. The molecule has 36 heavy (non-hydrogen) atoms. The first-order chi connectivity index (χ1) is 17.5. The minimum Gasteiger partial charge on any atom is -0.462 e. The molecule has 2 aliphatic rings. The summed E-state index contributed by atoms with van der Waals surface area (Å²) in [6.07, 6.45) is 1.67. The SMILES string of the molecule is Cc1ccc2cc(N(C(N)=O)c3cccc(-c4ccc5c(c4)COC4(CCNCC4)O5)c3)ccc2n1. The molecule has 7 heteroatoms. The predicted octanol–water partition coefficient (Wildman–Crippen LogP) is 5.42. The number of aryl methyl sites for hydroxylation is 1. The lowest BCUT2D eigenvalue weighted by molar-refractivity contribution is -0.218. The van der Waals surface area contributed by atoms with Crippen LogP contribution >= 0.6 is 0 Å². The van der Waals surface area contributed by atoms with Crippen molar-refractivity contribution in [3.63, 3.8) is 0 Å². The summed E-state index contributed by atoms with van der Waals surface area (Å²) in [5.74, 6) is 0.359. The molecule has 0 aliphatic carbocycles. The summed E-state index contributed by atoms with van der Waals surface area (Å²) >= 11 is 0. The van der Waals surface area contributed by atoms with E-state index in [2.05, 4.69) is 22.4 Å². The number of primary amides is 1. The summed E-state index contributed by atoms with van der Waals surface area (Å²) in [4.78, 5) is 18.6. The monoisotopic (exact) mass is 480 g/mol. The second-order valence-corrected chi connectivity index (χ2v) is 9.43. The van der Waals surface area contributed by atoms with Gasteiger partial charge in [-0.05, 0) is 66.6 Å². The van der Waals surface area contributed by atoms with Gasteiger partial charge in [-0.15, -0.1) is 0 Å². The number of carbonyl (C=O) groups is 1. The Hall–Kier alpha value is -3.94. The summed E-state index contributed by atoms with van der Waals surface area (Å²) in [6, 6.07) is 23.1. The summed E-state index contributed by atoms with van der Waals surface area (Å²) in [5, 5.41) is 4.30. The lowest BCUT2D eigenvalue weighted by Crippen LogP contribution is -2.49. The van der Waals surface area contributed by atoms with Crippen molar-refractivity contribution in [3.05, 3.63) is 84.1 Å². The topological polar surface area (TPSA) is 89.7 Å². The van der Waals surface area contributed by atoms with Crippen LogP contribution in [-0.4, -0.2) is 29.9 Å². The van der Waals surface area contributed by atoms with Crippen molar-refractivity contribution >= 4 is 28.3 Å². The van der Waals surface area contributed by atoms with Gasteiger partial charge in [0.1, 0.15) is 5.75 Å². The molecule has 2 amide bonds. The standard InChI is InChI=1S/C29H28N4O3/c1-19-5-6-22-17-25(8-9-26(22)32-19)33(28(30)34)24-4-2-3-20(16-24)21-7-10-27-23(15-21)18-35-29(36-27)11-13-31-14-12-29/h2-10,15-17,31H,11-14,18H2,1H3,(H2,30,34). The molecule has 6 rings (SSSR count). The Labute approximate surface area is 209 Å². The van der Waals surface area contributed by atoms with Gasteiger partial charge in [0.05, 0.1) is 23.5 Å². The van der Waals surface area contributed by atoms with Crippen molar-refractivity contribution in [2.24, 2.45) is 5.73 Å². The number of carbonyl (C=O) groups excluding carboxylic acids is 1. The number of rotatable bonds is 3. The predicted molar refractivity (Wildman–Crippen MR) is 140 cm³/mol. The molecular formula is C29H28N4O3. The number of urea groups is 1. The molecule has 0 radical (unpaired) electrons. The average molecular weight is 481 g/mol. The van der Waals surface area contributed by atoms with Gasteiger partial charge in [-0.1, -0.05) is 24.3 Å². The molecule has 1 aromatic heterocycles. The van der Waals surface area contributed by atoms with Crippen molar-refractivity contribution in [3.8, 4) is 16.9 Å². The van der Waals surface area contributed by atoms with Crippen molar-refractivity contribution in [1.82, 2.24) is 10.3 Å². The van der Waals surface area contributed by atoms with Crippen LogP contribution in [0.3, 0.4) is 0 Å². The molecule has 0 unspecified atom stereocenters. The zero-order valence-electron chi connectivity index (χ0n) is 20.2. The number of fused-ring (bicyclic) bond motifs is 2. The molecule has 182 valence electrons. The van der Waals surface area contributed by atoms with Crippen molar-refractivity contribution in [2.45, 2.75) is 32.2 Å². The first-order valence-electron chi connectivity index (χ1n) is 12.2. The molecule has 1 saturated heterocycles. The van der Waals surface area contributed by atoms with E-state index in [9.17, 15) is 4.79 Å². The largest absolute Gasteiger partial charge is 0.462 e. The van der Waals surface area contributed by atoms with E-state index in [0.717, 1.165) is 65.0 Å². The van der Waals surface area contributed by atoms with Crippen molar-refractivity contribution in [2.75, 3.05) is 18.0 Å². The fourth-order valence-electron chi connectivity index (χ4n) is 5.05. The van der Waals surface area contributed by atoms with Crippen LogP contribution in [0, 0.1) is 6.92 Å². The molecular weight excluding hydrogens is 452 g/mol. The van der Waals surface area contributed by atoms with Crippen molar-refractivity contribution < 1.29 is 14.3 Å². The number of nitrogens with zero attached hydrogens (tertiary/aromatic N) is 2. The van der Waals surface area contributed by atoms with E-state index >= 15 is 0 Å². The fraction of sp³-hybridized carbons (Fsp3) is 0.241. The van der Waals surface area contributed by atoms with Gasteiger partial charge < -0.3 is 20.5 Å². The third-order valence-corrected chi connectivity index (χ3v) is 6.94. The highest BCUT2D eigenvalue weighted by atomic mass is 16.7. The van der Waals surface area contributed by atoms with E-state index < -0.39 is 11.8 Å². The van der Waals surface area contributed by atoms with Crippen LogP contribution in [0.1, 0.15) is 24.1 Å². The van der Waals surface area contributed by atoms with Gasteiger partial charge in [-0.25, -0.2) is 4.79 Å². The van der Waals surface area contributed by atoms with Crippen LogP contribution in [0.25, 0.3) is 22.0 Å². The van der Waals surface area contributed by atoms with E-state index in [4.69, 9.17) is 15.2 Å². The summed E-state index contributed by atoms with van der Waals surface area (Å²) in [5.41, 5.74) is 12.1. The molecule has 3 N–H and O–H groups in total. The maximum Gasteiger partial charge on any atom is 0.323 e. The number of pyridine rings is 1. The number of aromatic nitrogens is 1. The normalized spacial score (nSPS) is 16.4. The van der Waals surface area contributed by atoms with E-state index in [1.165, 1.54) is 4.90 Å². The van der Waals surface area contributed by atoms with Crippen LogP contribution < -0.4 is 20.7 Å². The van der Waals surface area contributed by atoms with Gasteiger partial charge in [0.15, 0.2) is 0 Å². The molecule has 1 fully saturated rings. The minimum atomic E-state index is -0.550. The molecule has 2 aliphatic heterocycles. The molecule has 3 heterocycles. The Morgan fingerprint density at radius 1 is 0.972 bits per heavy atom. The second-order valence-electron chi connectivity index (χ2n) is 9.43. The number of amides is 2. The van der Waals surface area contributed by atoms with E-state index in [-0.39, 0.29) is 0 Å². The number of nitrogens with one attached hydrogen (secondary N) is 1. The smallest absolute Gasteiger partial charge is 0.323 e. The zero-order chi connectivity index (χ0) is 24.7. The second kappa shape index (κ2) is 8.93. The van der Waals surface area contributed by atoms with Gasteiger partial charge in [0.2, 0.25) is 5.79 Å². The number of ether oxygens (including phenoxy) is 2. The van der Waals surface area contributed by atoms with Crippen LogP contribution in [0.2, 0.25) is 0 Å². The highest BCUT2D eigenvalue weighted by Gasteiger charge is 2.38. The number of benzene rings is 3. The number of nitrogens with two attached hydrogens (primary N) is 1. The Bertz CT molecular complexity index is 1460. The Morgan fingerprint density at radius 2 is 1.78 bits per heavy atom. The Kier molecular flexibility index (Phi) is 5.59. The quantitative estimate of drug-likeness (QED) is 0.409. The number of hydrogen-bond donors (Lipinski definition) is 2. The maximum atomic E-state index is 12.6. The summed E-state index contributed by atoms with van der Waals surface area (Å²) < 4.78 is 12.5. The molecule has 0 saturated carbocycles. The van der Waals surface area contributed by atoms with Gasteiger partial charge in [-0.3, -0.25) is 9.88 Å². The van der Waals surface area contributed by atoms with E-state index in [1.54, 1.807) is 0 Å². The third-order valence-electron chi connectivity index (χ3n) is 6.94. The van der Waals surface area contributed by atoms with E-state index in [1.807, 2.05) is 67.6 Å². The summed E-state index contributed by atoms with van der Waals surface area (Å²) in [6.45, 7) is 4.26. The highest BCUT2D eigenvalue weighted by molar-refractivity contribution is 6.00. The van der Waals surface area contributed by atoms with Gasteiger partial charge in [-0.2, -0.15) is 0 Å². The summed E-state index contributed by atoms with van der Waals surface area (Å²) in [7, 11) is 0. The van der Waals surface area contributed by atoms with Crippen molar-refractivity contribution in [1.29, 1.82) is 0 Å². The first kappa shape index (κ1) is 22.5. The Morgan fingerprint density at radius 3 is 2.61 bits per heavy atom. The molecule has 4 aromatic rings. The van der Waals surface area contributed by atoms with Crippen LogP contribution in [-0.2, 0) is 11.3 Å². The molecule has 3 aromatic carbocycles.